The molecule has 0 fully saturated rings. The summed E-state index contributed by atoms with van der Waals surface area (Å²) in [5.41, 5.74) is 1.97. The van der Waals surface area contributed by atoms with E-state index in [-0.39, 0.29) is 5.91 Å². The third-order valence-electron chi connectivity index (χ3n) is 2.97. The SMILES string of the molecule is CCNCCNC(=O)c1c(-c2ccccc2)noc1C. The zero-order valence-corrected chi connectivity index (χ0v) is 11.8. The Morgan fingerprint density at radius 1 is 1.25 bits per heavy atom. The van der Waals surface area contributed by atoms with Crippen molar-refractivity contribution in [1.29, 1.82) is 0 Å². The molecule has 0 saturated carbocycles. The highest BCUT2D eigenvalue weighted by Crippen LogP contribution is 2.24. The number of aromatic nitrogens is 1. The Morgan fingerprint density at radius 2 is 2.00 bits per heavy atom. The van der Waals surface area contributed by atoms with Crippen molar-refractivity contribution < 1.29 is 9.32 Å². The minimum absolute atomic E-state index is 0.152. The van der Waals surface area contributed by atoms with E-state index in [1.54, 1.807) is 6.92 Å². The second-order valence-electron chi connectivity index (χ2n) is 4.44. The summed E-state index contributed by atoms with van der Waals surface area (Å²) in [5.74, 6) is 0.380. The van der Waals surface area contributed by atoms with Gasteiger partial charge in [-0.3, -0.25) is 4.79 Å². The lowest BCUT2D eigenvalue weighted by Crippen LogP contribution is -2.32. The fourth-order valence-corrected chi connectivity index (χ4v) is 1.96. The number of rotatable bonds is 6. The number of likely N-dealkylation sites (N-methyl/N-ethyl adjacent to an activating group) is 1. The Balaban J connectivity index is 2.15. The summed E-state index contributed by atoms with van der Waals surface area (Å²) in [6.07, 6.45) is 0. The quantitative estimate of drug-likeness (QED) is 0.790. The van der Waals surface area contributed by atoms with Crippen LogP contribution in [0.3, 0.4) is 0 Å². The Bertz CT molecular complexity index is 564. The van der Waals surface area contributed by atoms with Gasteiger partial charge in [-0.05, 0) is 13.5 Å². The van der Waals surface area contributed by atoms with Crippen LogP contribution in [0.5, 0.6) is 0 Å². The lowest BCUT2D eigenvalue weighted by atomic mass is 10.1. The highest BCUT2D eigenvalue weighted by Gasteiger charge is 2.20. The van der Waals surface area contributed by atoms with Gasteiger partial charge in [-0.15, -0.1) is 0 Å². The predicted molar refractivity (Wildman–Crippen MR) is 77.6 cm³/mol. The summed E-state index contributed by atoms with van der Waals surface area (Å²) >= 11 is 0. The van der Waals surface area contributed by atoms with Crippen LogP contribution in [0.25, 0.3) is 11.3 Å². The van der Waals surface area contributed by atoms with Gasteiger partial charge >= 0.3 is 0 Å². The van der Waals surface area contributed by atoms with Crippen molar-refractivity contribution >= 4 is 5.91 Å². The Labute approximate surface area is 118 Å². The number of aryl methyl sites for hydroxylation is 1. The molecule has 0 atom stereocenters. The van der Waals surface area contributed by atoms with Crippen LogP contribution in [0.2, 0.25) is 0 Å². The predicted octanol–water partition coefficient (Wildman–Crippen LogP) is 1.99. The van der Waals surface area contributed by atoms with Crippen molar-refractivity contribution in [3.63, 3.8) is 0 Å². The van der Waals surface area contributed by atoms with Gasteiger partial charge in [0.15, 0.2) is 0 Å². The molecule has 0 bridgehead atoms. The van der Waals surface area contributed by atoms with E-state index in [1.165, 1.54) is 0 Å². The Kier molecular flexibility index (Phi) is 4.90. The van der Waals surface area contributed by atoms with Crippen molar-refractivity contribution in [2.45, 2.75) is 13.8 Å². The number of hydrogen-bond acceptors (Lipinski definition) is 4. The zero-order valence-electron chi connectivity index (χ0n) is 11.8. The van der Waals surface area contributed by atoms with E-state index in [1.807, 2.05) is 37.3 Å². The maximum atomic E-state index is 12.2. The fourth-order valence-electron chi connectivity index (χ4n) is 1.96. The van der Waals surface area contributed by atoms with Gasteiger partial charge in [-0.1, -0.05) is 42.4 Å². The molecule has 1 aromatic carbocycles. The number of nitrogens with one attached hydrogen (secondary N) is 2. The Hall–Kier alpha value is -2.14. The summed E-state index contributed by atoms with van der Waals surface area (Å²) < 4.78 is 5.17. The molecule has 2 N–H and O–H groups in total. The van der Waals surface area contributed by atoms with Gasteiger partial charge in [0.1, 0.15) is 17.0 Å². The Morgan fingerprint density at radius 3 is 2.70 bits per heavy atom. The molecule has 0 aliphatic rings. The van der Waals surface area contributed by atoms with Gasteiger partial charge in [-0.25, -0.2) is 0 Å². The largest absolute Gasteiger partial charge is 0.360 e. The standard InChI is InChI=1S/C15H19N3O2/c1-3-16-9-10-17-15(19)13-11(2)20-18-14(13)12-7-5-4-6-8-12/h4-8,16H,3,9-10H2,1-2H3,(H,17,19). The molecule has 0 radical (unpaired) electrons. The molecule has 0 saturated heterocycles. The van der Waals surface area contributed by atoms with E-state index in [9.17, 15) is 4.79 Å². The zero-order chi connectivity index (χ0) is 14.4. The number of carbonyl (C=O) groups excluding carboxylic acids is 1. The first kappa shape index (κ1) is 14.3. The topological polar surface area (TPSA) is 67.2 Å². The number of carbonyl (C=O) groups is 1. The van der Waals surface area contributed by atoms with Gasteiger partial charge < -0.3 is 15.2 Å². The molecule has 2 rings (SSSR count). The average molecular weight is 273 g/mol. The number of benzene rings is 1. The molecule has 106 valence electrons. The molecule has 1 heterocycles. The average Bonchev–Trinajstić information content (AvgIpc) is 2.86. The van der Waals surface area contributed by atoms with E-state index in [4.69, 9.17) is 4.52 Å². The van der Waals surface area contributed by atoms with Crippen LogP contribution in [-0.4, -0.2) is 30.7 Å². The van der Waals surface area contributed by atoms with E-state index in [0.29, 0.717) is 23.6 Å². The van der Waals surface area contributed by atoms with Crippen LogP contribution in [-0.2, 0) is 0 Å². The maximum Gasteiger partial charge on any atom is 0.257 e. The molecule has 5 nitrogen and oxygen atoms in total. The van der Waals surface area contributed by atoms with Gasteiger partial charge in [0.05, 0.1) is 0 Å². The molecule has 0 spiro atoms. The summed E-state index contributed by atoms with van der Waals surface area (Å²) in [7, 11) is 0. The number of nitrogens with zero attached hydrogens (tertiary/aromatic N) is 1. The molecule has 5 heteroatoms. The molecular formula is C15H19N3O2. The van der Waals surface area contributed by atoms with Crippen LogP contribution < -0.4 is 10.6 Å². The maximum absolute atomic E-state index is 12.2. The number of hydrogen-bond donors (Lipinski definition) is 2. The minimum Gasteiger partial charge on any atom is -0.360 e. The summed E-state index contributed by atoms with van der Waals surface area (Å²) in [5, 5.41) is 10.0. The molecule has 0 aliphatic carbocycles. The molecule has 0 unspecified atom stereocenters. The van der Waals surface area contributed by atoms with E-state index in [2.05, 4.69) is 15.8 Å². The molecule has 20 heavy (non-hydrogen) atoms. The first-order valence-corrected chi connectivity index (χ1v) is 6.74. The lowest BCUT2D eigenvalue weighted by Gasteiger charge is -2.06. The molecule has 1 amide bonds. The van der Waals surface area contributed by atoms with Crippen LogP contribution in [0.4, 0.5) is 0 Å². The minimum atomic E-state index is -0.152. The van der Waals surface area contributed by atoms with Gasteiger partial charge in [-0.2, -0.15) is 0 Å². The van der Waals surface area contributed by atoms with E-state index in [0.717, 1.165) is 18.7 Å². The third-order valence-corrected chi connectivity index (χ3v) is 2.97. The summed E-state index contributed by atoms with van der Waals surface area (Å²) in [6, 6.07) is 9.56. The second-order valence-corrected chi connectivity index (χ2v) is 4.44. The van der Waals surface area contributed by atoms with Crippen molar-refractivity contribution in [1.82, 2.24) is 15.8 Å². The smallest absolute Gasteiger partial charge is 0.257 e. The summed E-state index contributed by atoms with van der Waals surface area (Å²) in [6.45, 7) is 5.98. The highest BCUT2D eigenvalue weighted by molar-refractivity contribution is 6.00. The van der Waals surface area contributed by atoms with Crippen LogP contribution in [0, 0.1) is 6.92 Å². The molecule has 1 aromatic heterocycles. The van der Waals surface area contributed by atoms with Gasteiger partial charge in [0.2, 0.25) is 0 Å². The molecule has 0 aliphatic heterocycles. The van der Waals surface area contributed by atoms with Crippen molar-refractivity contribution in [2.24, 2.45) is 0 Å². The monoisotopic (exact) mass is 273 g/mol. The third kappa shape index (κ3) is 3.24. The molecular weight excluding hydrogens is 254 g/mol. The second kappa shape index (κ2) is 6.86. The van der Waals surface area contributed by atoms with Crippen LogP contribution in [0.1, 0.15) is 23.0 Å². The van der Waals surface area contributed by atoms with Crippen LogP contribution in [0.15, 0.2) is 34.9 Å². The highest BCUT2D eigenvalue weighted by atomic mass is 16.5. The lowest BCUT2D eigenvalue weighted by molar-refractivity contribution is 0.0953. The summed E-state index contributed by atoms with van der Waals surface area (Å²) in [4.78, 5) is 12.2. The van der Waals surface area contributed by atoms with Gasteiger partial charge in [0.25, 0.3) is 5.91 Å². The molecule has 2 aromatic rings. The van der Waals surface area contributed by atoms with E-state index >= 15 is 0 Å². The first-order valence-electron chi connectivity index (χ1n) is 6.74. The number of amides is 1. The normalized spacial score (nSPS) is 10.5. The first-order chi connectivity index (χ1) is 9.74. The fraction of sp³-hybridized carbons (Fsp3) is 0.333. The van der Waals surface area contributed by atoms with Gasteiger partial charge in [0, 0.05) is 18.7 Å². The van der Waals surface area contributed by atoms with Crippen molar-refractivity contribution in [3.05, 3.63) is 41.7 Å². The van der Waals surface area contributed by atoms with Crippen molar-refractivity contribution in [2.75, 3.05) is 19.6 Å². The van der Waals surface area contributed by atoms with Crippen molar-refractivity contribution in [3.8, 4) is 11.3 Å². The van der Waals surface area contributed by atoms with E-state index < -0.39 is 0 Å². The van der Waals surface area contributed by atoms with Crippen LogP contribution >= 0.6 is 0 Å².